The summed E-state index contributed by atoms with van der Waals surface area (Å²) < 4.78 is 0. The maximum atomic E-state index is 2.43. The number of hydrogen-bond acceptors (Lipinski definition) is 1. The van der Waals surface area contributed by atoms with E-state index in [1.807, 2.05) is 0 Å². The standard InChI is InChI=1S/C19H34NP/c1-18(2,3)21(19(4,5)6)15-17-11-9-10-16(14-17)12-13-20(7)8/h9-11,14H,12-13,15H2,1-8H3. The molecule has 0 aliphatic heterocycles. The Hall–Kier alpha value is -0.390. The van der Waals surface area contributed by atoms with Gasteiger partial charge in [-0.05, 0) is 48.1 Å². The molecule has 0 heterocycles. The summed E-state index contributed by atoms with van der Waals surface area (Å²) >= 11 is 0. The van der Waals surface area contributed by atoms with Crippen LogP contribution in [0.4, 0.5) is 0 Å². The van der Waals surface area contributed by atoms with E-state index in [4.69, 9.17) is 0 Å². The maximum absolute atomic E-state index is 2.43. The van der Waals surface area contributed by atoms with Crippen molar-refractivity contribution in [2.75, 3.05) is 20.6 Å². The van der Waals surface area contributed by atoms with Gasteiger partial charge in [0.25, 0.3) is 0 Å². The second kappa shape index (κ2) is 7.25. The Bertz CT molecular complexity index is 424. The lowest BCUT2D eigenvalue weighted by Gasteiger charge is -2.41. The van der Waals surface area contributed by atoms with Crippen LogP contribution in [-0.4, -0.2) is 35.9 Å². The topological polar surface area (TPSA) is 3.24 Å². The van der Waals surface area contributed by atoms with Gasteiger partial charge in [-0.3, -0.25) is 0 Å². The molecule has 2 heteroatoms. The molecule has 21 heavy (non-hydrogen) atoms. The maximum Gasteiger partial charge on any atom is 0.00157 e. The molecular formula is C19H34NP. The molecule has 1 nitrogen and oxygen atoms in total. The van der Waals surface area contributed by atoms with Crippen LogP contribution in [0.15, 0.2) is 24.3 Å². The van der Waals surface area contributed by atoms with Gasteiger partial charge in [0.1, 0.15) is 0 Å². The van der Waals surface area contributed by atoms with Crippen molar-refractivity contribution < 1.29 is 0 Å². The number of benzene rings is 1. The number of likely N-dealkylation sites (N-methyl/N-ethyl adjacent to an activating group) is 1. The molecule has 1 aromatic carbocycles. The van der Waals surface area contributed by atoms with Crippen molar-refractivity contribution in [3.05, 3.63) is 35.4 Å². The summed E-state index contributed by atoms with van der Waals surface area (Å²) in [5, 5.41) is 0.792. The Morgan fingerprint density at radius 1 is 0.905 bits per heavy atom. The van der Waals surface area contributed by atoms with Gasteiger partial charge in [-0.25, -0.2) is 0 Å². The van der Waals surface area contributed by atoms with E-state index >= 15 is 0 Å². The van der Waals surface area contributed by atoms with Crippen molar-refractivity contribution in [3.63, 3.8) is 0 Å². The molecule has 0 aromatic heterocycles. The Labute approximate surface area is 133 Å². The first-order chi connectivity index (χ1) is 9.50. The van der Waals surface area contributed by atoms with Crippen LogP contribution in [-0.2, 0) is 12.6 Å². The Morgan fingerprint density at radius 2 is 1.43 bits per heavy atom. The summed E-state index contributed by atoms with van der Waals surface area (Å²) in [5.74, 6) is 0. The molecule has 0 saturated carbocycles. The zero-order chi connectivity index (χ0) is 16.3. The summed E-state index contributed by atoms with van der Waals surface area (Å²) in [5.41, 5.74) is 2.99. The van der Waals surface area contributed by atoms with E-state index in [9.17, 15) is 0 Å². The second-order valence-corrected chi connectivity index (χ2v) is 12.2. The monoisotopic (exact) mass is 307 g/mol. The molecule has 0 bridgehead atoms. The molecule has 1 aromatic rings. The number of nitrogens with zero attached hydrogens (tertiary/aromatic N) is 1. The lowest BCUT2D eigenvalue weighted by atomic mass is 10.1. The highest BCUT2D eigenvalue weighted by atomic mass is 31.1. The summed E-state index contributed by atoms with van der Waals surface area (Å²) in [6.45, 7) is 15.5. The van der Waals surface area contributed by atoms with Crippen molar-refractivity contribution >= 4 is 7.92 Å². The van der Waals surface area contributed by atoms with Gasteiger partial charge in [-0.15, -0.1) is 0 Å². The van der Waals surface area contributed by atoms with Crippen LogP contribution in [0, 0.1) is 0 Å². The van der Waals surface area contributed by atoms with Crippen LogP contribution >= 0.6 is 7.92 Å². The average Bonchev–Trinajstić information content (AvgIpc) is 2.31. The lowest BCUT2D eigenvalue weighted by Crippen LogP contribution is -2.25. The zero-order valence-electron chi connectivity index (χ0n) is 15.3. The Balaban J connectivity index is 2.88. The van der Waals surface area contributed by atoms with Gasteiger partial charge in [-0.2, -0.15) is 0 Å². The molecular weight excluding hydrogens is 273 g/mol. The molecule has 1 rings (SSSR count). The van der Waals surface area contributed by atoms with Gasteiger partial charge < -0.3 is 4.90 Å². The zero-order valence-corrected chi connectivity index (χ0v) is 16.2. The van der Waals surface area contributed by atoms with Crippen molar-refractivity contribution in [2.45, 2.75) is 64.4 Å². The van der Waals surface area contributed by atoms with Crippen LogP contribution in [0.25, 0.3) is 0 Å². The first-order valence-corrected chi connectivity index (χ1v) is 9.53. The molecule has 0 spiro atoms. The quantitative estimate of drug-likeness (QED) is 0.661. The molecule has 0 aliphatic rings. The summed E-state index contributed by atoms with van der Waals surface area (Å²) in [4.78, 5) is 2.25. The van der Waals surface area contributed by atoms with E-state index < -0.39 is 0 Å². The third kappa shape index (κ3) is 6.49. The largest absolute Gasteiger partial charge is 0.309 e. The summed E-state index contributed by atoms with van der Waals surface area (Å²) in [6, 6.07) is 9.24. The van der Waals surface area contributed by atoms with Crippen molar-refractivity contribution in [1.82, 2.24) is 4.90 Å². The first kappa shape index (κ1) is 18.7. The van der Waals surface area contributed by atoms with E-state index in [0.29, 0.717) is 10.3 Å². The smallest absolute Gasteiger partial charge is 0.00157 e. The highest BCUT2D eigenvalue weighted by Crippen LogP contribution is 2.61. The molecule has 0 saturated heterocycles. The fourth-order valence-corrected chi connectivity index (χ4v) is 6.42. The molecule has 0 aliphatic carbocycles. The van der Waals surface area contributed by atoms with E-state index in [1.54, 1.807) is 0 Å². The lowest BCUT2D eigenvalue weighted by molar-refractivity contribution is 0.413. The normalized spacial score (nSPS) is 13.2. The highest BCUT2D eigenvalue weighted by molar-refractivity contribution is 7.60. The van der Waals surface area contributed by atoms with Crippen LogP contribution in [0.2, 0.25) is 0 Å². The van der Waals surface area contributed by atoms with Gasteiger partial charge in [0.05, 0.1) is 0 Å². The molecule has 0 amide bonds. The minimum Gasteiger partial charge on any atom is -0.309 e. The molecule has 0 radical (unpaired) electrons. The SMILES string of the molecule is CN(C)CCc1cccc(CP(C(C)(C)C)C(C)(C)C)c1. The summed E-state index contributed by atoms with van der Waals surface area (Å²) in [7, 11) is 4.22. The van der Waals surface area contributed by atoms with E-state index in [2.05, 4.69) is 84.8 Å². The van der Waals surface area contributed by atoms with Crippen molar-refractivity contribution in [1.29, 1.82) is 0 Å². The molecule has 0 fully saturated rings. The first-order valence-electron chi connectivity index (χ1n) is 8.00. The fourth-order valence-electron chi connectivity index (χ4n) is 2.90. The van der Waals surface area contributed by atoms with Crippen LogP contribution < -0.4 is 0 Å². The van der Waals surface area contributed by atoms with Crippen LogP contribution in [0.5, 0.6) is 0 Å². The van der Waals surface area contributed by atoms with Gasteiger partial charge in [0, 0.05) is 6.54 Å². The predicted molar refractivity (Wildman–Crippen MR) is 98.8 cm³/mol. The fraction of sp³-hybridized carbons (Fsp3) is 0.684. The Kier molecular flexibility index (Phi) is 6.44. The molecule has 120 valence electrons. The van der Waals surface area contributed by atoms with Crippen molar-refractivity contribution in [2.24, 2.45) is 0 Å². The van der Waals surface area contributed by atoms with Gasteiger partial charge >= 0.3 is 0 Å². The minimum atomic E-state index is -0.0636. The van der Waals surface area contributed by atoms with E-state index in [1.165, 1.54) is 17.3 Å². The van der Waals surface area contributed by atoms with Gasteiger partial charge in [0.15, 0.2) is 0 Å². The highest BCUT2D eigenvalue weighted by Gasteiger charge is 2.33. The number of hydrogen-bond donors (Lipinski definition) is 0. The summed E-state index contributed by atoms with van der Waals surface area (Å²) in [6.07, 6.45) is 2.38. The second-order valence-electron chi connectivity index (χ2n) is 8.30. The third-order valence-electron chi connectivity index (χ3n) is 3.80. The Morgan fingerprint density at radius 3 is 1.90 bits per heavy atom. The van der Waals surface area contributed by atoms with E-state index in [0.717, 1.165) is 13.0 Å². The minimum absolute atomic E-state index is 0.0636. The predicted octanol–water partition coefficient (Wildman–Crippen LogP) is 5.37. The third-order valence-corrected chi connectivity index (χ3v) is 7.72. The van der Waals surface area contributed by atoms with Crippen LogP contribution in [0.1, 0.15) is 52.7 Å². The molecule has 0 unspecified atom stereocenters. The molecule has 0 atom stereocenters. The van der Waals surface area contributed by atoms with E-state index in [-0.39, 0.29) is 7.92 Å². The molecule has 0 N–H and O–H groups in total. The average molecular weight is 307 g/mol. The van der Waals surface area contributed by atoms with Gasteiger partial charge in [-0.1, -0.05) is 73.7 Å². The van der Waals surface area contributed by atoms with Gasteiger partial charge in [0.2, 0.25) is 0 Å². The van der Waals surface area contributed by atoms with Crippen LogP contribution in [0.3, 0.4) is 0 Å². The number of rotatable bonds is 5. The van der Waals surface area contributed by atoms with Crippen molar-refractivity contribution in [3.8, 4) is 0 Å².